The van der Waals surface area contributed by atoms with Crippen molar-refractivity contribution in [3.63, 3.8) is 0 Å². The van der Waals surface area contributed by atoms with Crippen molar-refractivity contribution in [1.82, 2.24) is 14.9 Å². The van der Waals surface area contributed by atoms with Gasteiger partial charge in [0.05, 0.1) is 4.90 Å². The van der Waals surface area contributed by atoms with Crippen LogP contribution in [0.4, 0.5) is 0 Å². The van der Waals surface area contributed by atoms with E-state index in [2.05, 4.69) is 14.9 Å². The standard InChI is InChI=1S/C15H21N3O3S/c1-10-8-18(2)9-14(10)17-22(20,21)12-4-3-11-5-6-16-15(19)13(11)7-12/h3-4,7,10,14,17H,5-6,8-9H2,1-2H3,(H,16,19)/t10-,14-/m0/s1. The summed E-state index contributed by atoms with van der Waals surface area (Å²) in [6, 6.07) is 4.71. The number of nitrogens with one attached hydrogen (secondary N) is 2. The first-order valence-electron chi connectivity index (χ1n) is 7.49. The van der Waals surface area contributed by atoms with Gasteiger partial charge in [-0.15, -0.1) is 0 Å². The Bertz CT molecular complexity index is 702. The number of sulfonamides is 1. The van der Waals surface area contributed by atoms with Crippen molar-refractivity contribution in [2.24, 2.45) is 5.92 Å². The van der Waals surface area contributed by atoms with Crippen LogP contribution in [0, 0.1) is 5.92 Å². The van der Waals surface area contributed by atoms with E-state index in [0.29, 0.717) is 18.7 Å². The highest BCUT2D eigenvalue weighted by atomic mass is 32.2. The zero-order valence-electron chi connectivity index (χ0n) is 12.8. The number of likely N-dealkylation sites (tertiary alicyclic amines) is 1. The van der Waals surface area contributed by atoms with E-state index in [1.54, 1.807) is 12.1 Å². The number of carbonyl (C=O) groups is 1. The third-order valence-corrected chi connectivity index (χ3v) is 5.91. The molecule has 1 saturated heterocycles. The largest absolute Gasteiger partial charge is 0.352 e. The highest BCUT2D eigenvalue weighted by molar-refractivity contribution is 7.89. The second-order valence-electron chi connectivity index (χ2n) is 6.25. The molecular formula is C15H21N3O3S. The molecule has 1 fully saturated rings. The van der Waals surface area contributed by atoms with E-state index in [4.69, 9.17) is 0 Å². The van der Waals surface area contributed by atoms with Crippen LogP contribution in [0.5, 0.6) is 0 Å². The molecule has 1 aromatic rings. The molecule has 1 amide bonds. The summed E-state index contributed by atoms with van der Waals surface area (Å²) in [5.41, 5.74) is 1.36. The predicted octanol–water partition coefficient (Wildman–Crippen LogP) is 0.201. The first kappa shape index (κ1) is 15.5. The maximum absolute atomic E-state index is 12.6. The summed E-state index contributed by atoms with van der Waals surface area (Å²) in [4.78, 5) is 14.1. The number of benzene rings is 1. The molecule has 2 atom stereocenters. The predicted molar refractivity (Wildman–Crippen MR) is 83.2 cm³/mol. The molecule has 0 spiro atoms. The molecule has 2 heterocycles. The normalized spacial score (nSPS) is 25.8. The molecule has 0 bridgehead atoms. The lowest BCUT2D eigenvalue weighted by Crippen LogP contribution is -2.39. The molecule has 6 nitrogen and oxygen atoms in total. The van der Waals surface area contributed by atoms with Gasteiger partial charge in [-0.1, -0.05) is 13.0 Å². The van der Waals surface area contributed by atoms with Crippen LogP contribution in [0.3, 0.4) is 0 Å². The summed E-state index contributed by atoms with van der Waals surface area (Å²) in [5.74, 6) is 0.0629. The first-order chi connectivity index (χ1) is 10.4. The van der Waals surface area contributed by atoms with Crippen molar-refractivity contribution in [2.45, 2.75) is 24.3 Å². The Morgan fingerprint density at radius 1 is 1.32 bits per heavy atom. The van der Waals surface area contributed by atoms with Gasteiger partial charge in [0.1, 0.15) is 0 Å². The smallest absolute Gasteiger partial charge is 0.251 e. The fourth-order valence-corrected chi connectivity index (χ4v) is 4.55. The quantitative estimate of drug-likeness (QED) is 0.833. The molecule has 0 aliphatic carbocycles. The van der Waals surface area contributed by atoms with E-state index in [-0.39, 0.29) is 22.8 Å². The van der Waals surface area contributed by atoms with E-state index in [0.717, 1.165) is 18.5 Å². The SMILES string of the molecule is C[C@H]1CN(C)C[C@@H]1NS(=O)(=O)c1ccc2c(c1)C(=O)NCC2. The van der Waals surface area contributed by atoms with E-state index >= 15 is 0 Å². The number of amides is 1. The average Bonchev–Trinajstić information content (AvgIpc) is 2.76. The lowest BCUT2D eigenvalue weighted by atomic mass is 10.0. The minimum atomic E-state index is -3.61. The van der Waals surface area contributed by atoms with Crippen LogP contribution < -0.4 is 10.0 Å². The average molecular weight is 323 g/mol. The number of fused-ring (bicyclic) bond motifs is 1. The topological polar surface area (TPSA) is 78.5 Å². The fraction of sp³-hybridized carbons (Fsp3) is 0.533. The molecule has 2 N–H and O–H groups in total. The molecule has 0 saturated carbocycles. The monoisotopic (exact) mass is 323 g/mol. The van der Waals surface area contributed by atoms with E-state index in [9.17, 15) is 13.2 Å². The Morgan fingerprint density at radius 3 is 2.77 bits per heavy atom. The molecule has 2 aliphatic rings. The molecule has 3 rings (SSSR count). The van der Waals surface area contributed by atoms with Crippen molar-refractivity contribution in [3.8, 4) is 0 Å². The van der Waals surface area contributed by atoms with E-state index in [1.165, 1.54) is 6.07 Å². The Hall–Kier alpha value is -1.44. The number of hydrogen-bond acceptors (Lipinski definition) is 4. The van der Waals surface area contributed by atoms with Crippen molar-refractivity contribution in [1.29, 1.82) is 0 Å². The molecular weight excluding hydrogens is 302 g/mol. The van der Waals surface area contributed by atoms with Crippen molar-refractivity contribution >= 4 is 15.9 Å². The molecule has 7 heteroatoms. The zero-order valence-corrected chi connectivity index (χ0v) is 13.6. The van der Waals surface area contributed by atoms with Crippen LogP contribution >= 0.6 is 0 Å². The lowest BCUT2D eigenvalue weighted by Gasteiger charge is -2.19. The summed E-state index contributed by atoms with van der Waals surface area (Å²) < 4.78 is 27.9. The van der Waals surface area contributed by atoms with Crippen molar-refractivity contribution < 1.29 is 13.2 Å². The molecule has 2 aliphatic heterocycles. The van der Waals surface area contributed by atoms with Crippen molar-refractivity contribution in [3.05, 3.63) is 29.3 Å². The Labute approximate surface area is 130 Å². The Kier molecular flexibility index (Phi) is 3.96. The molecule has 22 heavy (non-hydrogen) atoms. The minimum absolute atomic E-state index is 0.0974. The lowest BCUT2D eigenvalue weighted by molar-refractivity contribution is 0.0945. The van der Waals surface area contributed by atoms with Crippen LogP contribution in [-0.4, -0.2) is 51.9 Å². The van der Waals surface area contributed by atoms with Gasteiger partial charge in [0, 0.05) is 31.2 Å². The van der Waals surface area contributed by atoms with Crippen molar-refractivity contribution in [2.75, 3.05) is 26.7 Å². The molecule has 0 unspecified atom stereocenters. The van der Waals surface area contributed by atoms with E-state index in [1.807, 2.05) is 14.0 Å². The molecule has 120 valence electrons. The number of hydrogen-bond donors (Lipinski definition) is 2. The third kappa shape index (κ3) is 2.88. The maximum Gasteiger partial charge on any atom is 0.251 e. The summed E-state index contributed by atoms with van der Waals surface area (Å²) in [7, 11) is -1.63. The van der Waals surface area contributed by atoms with Crippen LogP contribution in [0.1, 0.15) is 22.8 Å². The number of nitrogens with zero attached hydrogens (tertiary/aromatic N) is 1. The van der Waals surface area contributed by atoms with Gasteiger partial charge >= 0.3 is 0 Å². The maximum atomic E-state index is 12.6. The summed E-state index contributed by atoms with van der Waals surface area (Å²) in [6.07, 6.45) is 0.735. The van der Waals surface area contributed by atoms with Crippen LogP contribution in [-0.2, 0) is 16.4 Å². The second-order valence-corrected chi connectivity index (χ2v) is 7.97. The van der Waals surface area contributed by atoms with Gasteiger partial charge in [-0.2, -0.15) is 0 Å². The molecule has 0 aromatic heterocycles. The molecule has 1 aromatic carbocycles. The second kappa shape index (κ2) is 5.64. The van der Waals surface area contributed by atoms with Crippen LogP contribution in [0.2, 0.25) is 0 Å². The number of likely N-dealkylation sites (N-methyl/N-ethyl adjacent to an activating group) is 1. The Morgan fingerprint density at radius 2 is 2.09 bits per heavy atom. The van der Waals surface area contributed by atoms with Gasteiger partial charge < -0.3 is 10.2 Å². The number of carbonyl (C=O) groups excluding carboxylic acids is 1. The van der Waals surface area contributed by atoms with Gasteiger partial charge in [0.2, 0.25) is 10.0 Å². The van der Waals surface area contributed by atoms with Gasteiger partial charge in [-0.25, -0.2) is 13.1 Å². The summed E-state index contributed by atoms with van der Waals surface area (Å²) >= 11 is 0. The Balaban J connectivity index is 1.86. The fourth-order valence-electron chi connectivity index (χ4n) is 3.19. The van der Waals surface area contributed by atoms with Crippen LogP contribution in [0.15, 0.2) is 23.1 Å². The highest BCUT2D eigenvalue weighted by Crippen LogP contribution is 2.21. The van der Waals surface area contributed by atoms with E-state index < -0.39 is 10.0 Å². The van der Waals surface area contributed by atoms with Gasteiger partial charge in [0.15, 0.2) is 0 Å². The van der Waals surface area contributed by atoms with Gasteiger partial charge in [0.25, 0.3) is 5.91 Å². The highest BCUT2D eigenvalue weighted by Gasteiger charge is 2.31. The minimum Gasteiger partial charge on any atom is -0.352 e. The molecule has 0 radical (unpaired) electrons. The number of rotatable bonds is 3. The zero-order chi connectivity index (χ0) is 15.9. The van der Waals surface area contributed by atoms with Gasteiger partial charge in [-0.3, -0.25) is 4.79 Å². The third-order valence-electron chi connectivity index (χ3n) is 4.42. The summed E-state index contributed by atoms with van der Waals surface area (Å²) in [6.45, 7) is 4.21. The van der Waals surface area contributed by atoms with Crippen LogP contribution in [0.25, 0.3) is 0 Å². The first-order valence-corrected chi connectivity index (χ1v) is 8.97. The van der Waals surface area contributed by atoms with Gasteiger partial charge in [-0.05, 0) is 37.1 Å². The summed E-state index contributed by atoms with van der Waals surface area (Å²) in [5, 5.41) is 2.74.